The number of fused-ring (bicyclic) bond motifs is 2. The minimum absolute atomic E-state index is 0.714. The third-order valence-electron chi connectivity index (χ3n) is 5.73. The van der Waals surface area contributed by atoms with Gasteiger partial charge in [-0.25, -0.2) is 9.97 Å². The molecule has 0 spiro atoms. The lowest BCUT2D eigenvalue weighted by Gasteiger charge is -2.27. The number of methoxy groups -OCH3 is 1. The van der Waals surface area contributed by atoms with Gasteiger partial charge in [0.05, 0.1) is 12.3 Å². The van der Waals surface area contributed by atoms with Crippen molar-refractivity contribution in [3.63, 3.8) is 0 Å². The van der Waals surface area contributed by atoms with Gasteiger partial charge in [0.2, 0.25) is 0 Å². The summed E-state index contributed by atoms with van der Waals surface area (Å²) in [5.41, 5.74) is 5.97. The molecule has 0 aliphatic carbocycles. The van der Waals surface area contributed by atoms with Crippen LogP contribution in [-0.2, 0) is 30.8 Å². The number of ether oxygens (including phenoxy) is 1. The zero-order chi connectivity index (χ0) is 20.3. The molecule has 4 heterocycles. The second-order valence-electron chi connectivity index (χ2n) is 7.73. The van der Waals surface area contributed by atoms with E-state index >= 15 is 0 Å². The van der Waals surface area contributed by atoms with Gasteiger partial charge < -0.3 is 9.30 Å². The Bertz CT molecular complexity index is 1150. The molecule has 3 aromatic heterocycles. The summed E-state index contributed by atoms with van der Waals surface area (Å²) in [6.07, 6.45) is 8.79. The summed E-state index contributed by atoms with van der Waals surface area (Å²) in [6.45, 7) is 4.37. The minimum Gasteiger partial charge on any atom is -0.383 e. The van der Waals surface area contributed by atoms with Crippen molar-refractivity contribution in [1.82, 2.24) is 24.4 Å². The van der Waals surface area contributed by atoms with Gasteiger partial charge in [0, 0.05) is 86.5 Å². The van der Waals surface area contributed by atoms with E-state index in [-0.39, 0.29) is 0 Å². The summed E-state index contributed by atoms with van der Waals surface area (Å²) in [7, 11) is 1.75. The summed E-state index contributed by atoms with van der Waals surface area (Å²) < 4.78 is 7.59. The molecule has 0 saturated heterocycles. The number of hydrogen-bond acceptors (Lipinski definition) is 5. The molecule has 0 unspecified atom stereocenters. The predicted molar refractivity (Wildman–Crippen MR) is 117 cm³/mol. The van der Waals surface area contributed by atoms with E-state index < -0.39 is 0 Å². The fourth-order valence-corrected chi connectivity index (χ4v) is 4.21. The Kier molecular flexibility index (Phi) is 5.26. The first-order chi connectivity index (χ1) is 14.8. The lowest BCUT2D eigenvalue weighted by Crippen LogP contribution is -2.30. The Balaban J connectivity index is 1.36. The van der Waals surface area contributed by atoms with Gasteiger partial charge in [-0.1, -0.05) is 18.2 Å². The SMILES string of the molecule is COCCn1cc(CN2CCc3nc(-c4cccnc4)ncc3C2)c2ccccc21. The van der Waals surface area contributed by atoms with Crippen molar-refractivity contribution in [3.8, 4) is 11.4 Å². The highest BCUT2D eigenvalue weighted by Crippen LogP contribution is 2.26. The predicted octanol–water partition coefficient (Wildman–Crippen LogP) is 3.70. The lowest BCUT2D eigenvalue weighted by molar-refractivity contribution is 0.188. The number of pyridine rings is 1. The largest absolute Gasteiger partial charge is 0.383 e. The number of nitrogens with zero attached hydrogens (tertiary/aromatic N) is 5. The third kappa shape index (κ3) is 3.72. The average Bonchev–Trinajstić information content (AvgIpc) is 3.15. The van der Waals surface area contributed by atoms with Crippen molar-refractivity contribution < 1.29 is 4.74 Å². The maximum Gasteiger partial charge on any atom is 0.160 e. The van der Waals surface area contributed by atoms with Gasteiger partial charge in [-0.3, -0.25) is 9.88 Å². The van der Waals surface area contributed by atoms with Crippen molar-refractivity contribution in [2.24, 2.45) is 0 Å². The number of para-hydroxylation sites is 1. The highest BCUT2D eigenvalue weighted by atomic mass is 16.5. The van der Waals surface area contributed by atoms with E-state index in [4.69, 9.17) is 9.72 Å². The molecule has 30 heavy (non-hydrogen) atoms. The van der Waals surface area contributed by atoms with E-state index in [1.807, 2.05) is 24.5 Å². The van der Waals surface area contributed by atoms with Crippen LogP contribution in [0.4, 0.5) is 0 Å². The molecule has 0 atom stereocenters. The third-order valence-corrected chi connectivity index (χ3v) is 5.73. The van der Waals surface area contributed by atoms with Crippen LogP contribution in [0.15, 0.2) is 61.2 Å². The molecule has 1 aliphatic rings. The van der Waals surface area contributed by atoms with Gasteiger partial charge in [-0.05, 0) is 23.8 Å². The Labute approximate surface area is 176 Å². The van der Waals surface area contributed by atoms with E-state index in [0.29, 0.717) is 6.61 Å². The van der Waals surface area contributed by atoms with Crippen LogP contribution < -0.4 is 0 Å². The Morgan fingerprint density at radius 2 is 2.03 bits per heavy atom. The van der Waals surface area contributed by atoms with Crippen LogP contribution in [0.25, 0.3) is 22.3 Å². The second kappa shape index (κ2) is 8.34. The van der Waals surface area contributed by atoms with E-state index in [1.165, 1.54) is 22.0 Å². The molecule has 6 nitrogen and oxygen atoms in total. The van der Waals surface area contributed by atoms with E-state index in [0.717, 1.165) is 49.7 Å². The topological polar surface area (TPSA) is 56.1 Å². The molecular weight excluding hydrogens is 374 g/mol. The molecule has 0 radical (unpaired) electrons. The number of benzene rings is 1. The molecular formula is C24H25N5O. The van der Waals surface area contributed by atoms with Crippen LogP contribution in [0, 0.1) is 0 Å². The number of hydrogen-bond donors (Lipinski definition) is 0. The maximum absolute atomic E-state index is 5.29. The molecule has 1 aliphatic heterocycles. The first-order valence-electron chi connectivity index (χ1n) is 10.3. The number of rotatable bonds is 6. The normalized spacial score (nSPS) is 14.2. The monoisotopic (exact) mass is 399 g/mol. The van der Waals surface area contributed by atoms with Crippen LogP contribution in [0.5, 0.6) is 0 Å². The quantitative estimate of drug-likeness (QED) is 0.495. The molecule has 0 N–H and O–H groups in total. The fourth-order valence-electron chi connectivity index (χ4n) is 4.21. The summed E-state index contributed by atoms with van der Waals surface area (Å²) in [6, 6.07) is 12.5. The fraction of sp³-hybridized carbons (Fsp3) is 0.292. The molecule has 4 aromatic rings. The zero-order valence-electron chi connectivity index (χ0n) is 17.2. The molecule has 0 amide bonds. The zero-order valence-corrected chi connectivity index (χ0v) is 17.2. The van der Waals surface area contributed by atoms with Crippen LogP contribution in [-0.4, -0.2) is 44.7 Å². The first-order valence-corrected chi connectivity index (χ1v) is 10.3. The highest BCUT2D eigenvalue weighted by molar-refractivity contribution is 5.84. The molecule has 5 rings (SSSR count). The van der Waals surface area contributed by atoms with Crippen molar-refractivity contribution in [2.75, 3.05) is 20.3 Å². The van der Waals surface area contributed by atoms with Gasteiger partial charge in [0.1, 0.15) is 0 Å². The van der Waals surface area contributed by atoms with E-state index in [1.54, 1.807) is 13.3 Å². The molecule has 6 heteroatoms. The van der Waals surface area contributed by atoms with Crippen LogP contribution in [0.1, 0.15) is 16.8 Å². The lowest BCUT2D eigenvalue weighted by atomic mass is 10.1. The summed E-state index contributed by atoms with van der Waals surface area (Å²) in [5.74, 6) is 0.761. The minimum atomic E-state index is 0.714. The van der Waals surface area contributed by atoms with Gasteiger partial charge in [-0.2, -0.15) is 0 Å². The highest BCUT2D eigenvalue weighted by Gasteiger charge is 2.20. The van der Waals surface area contributed by atoms with Crippen LogP contribution >= 0.6 is 0 Å². The smallest absolute Gasteiger partial charge is 0.160 e. The van der Waals surface area contributed by atoms with Gasteiger partial charge in [-0.15, -0.1) is 0 Å². The molecule has 0 bridgehead atoms. The Morgan fingerprint density at radius 3 is 2.90 bits per heavy atom. The summed E-state index contributed by atoms with van der Waals surface area (Å²) >= 11 is 0. The van der Waals surface area contributed by atoms with Gasteiger partial charge >= 0.3 is 0 Å². The van der Waals surface area contributed by atoms with Crippen LogP contribution in [0.2, 0.25) is 0 Å². The molecule has 1 aromatic carbocycles. The van der Waals surface area contributed by atoms with Gasteiger partial charge in [0.25, 0.3) is 0 Å². The summed E-state index contributed by atoms with van der Waals surface area (Å²) in [4.78, 5) is 16.1. The second-order valence-corrected chi connectivity index (χ2v) is 7.73. The van der Waals surface area contributed by atoms with Crippen LogP contribution in [0.3, 0.4) is 0 Å². The standard InChI is InChI=1S/C24H25N5O/c1-30-12-11-29-17-20(21-6-2-3-7-23(21)29)16-28-10-8-22-19(15-28)14-26-24(27-22)18-5-4-9-25-13-18/h2-7,9,13-14,17H,8,10-12,15-16H2,1H3. The first kappa shape index (κ1) is 18.9. The van der Waals surface area contributed by atoms with Crippen molar-refractivity contribution in [1.29, 1.82) is 0 Å². The van der Waals surface area contributed by atoms with E-state index in [2.05, 4.69) is 49.9 Å². The number of aromatic nitrogens is 4. The Hall–Kier alpha value is -3.09. The average molecular weight is 399 g/mol. The molecule has 0 fully saturated rings. The van der Waals surface area contributed by atoms with Crippen molar-refractivity contribution in [3.05, 3.63) is 78.0 Å². The Morgan fingerprint density at radius 1 is 1.10 bits per heavy atom. The molecule has 0 saturated carbocycles. The molecule has 152 valence electrons. The maximum atomic E-state index is 5.29. The van der Waals surface area contributed by atoms with E-state index in [9.17, 15) is 0 Å². The van der Waals surface area contributed by atoms with Crippen molar-refractivity contribution >= 4 is 10.9 Å². The van der Waals surface area contributed by atoms with Crippen molar-refractivity contribution in [2.45, 2.75) is 26.1 Å². The summed E-state index contributed by atoms with van der Waals surface area (Å²) in [5, 5.41) is 1.32. The van der Waals surface area contributed by atoms with Gasteiger partial charge in [0.15, 0.2) is 5.82 Å².